The fourth-order valence-electron chi connectivity index (χ4n) is 2.67. The molecular formula is C15H14F3N3O5. The lowest BCUT2D eigenvalue weighted by Crippen LogP contribution is -2.37. The van der Waals surface area contributed by atoms with E-state index in [2.05, 4.69) is 4.99 Å². The molecule has 11 heteroatoms. The number of allylic oxidation sites excluding steroid dienone is 2. The lowest BCUT2D eigenvalue weighted by atomic mass is 9.83. The molecule has 0 amide bonds. The summed E-state index contributed by atoms with van der Waals surface area (Å²) in [6, 6.07) is 0. The molecule has 0 radical (unpaired) electrons. The largest absolute Gasteiger partial charge is 0.480 e. The Balaban J connectivity index is 2.56. The van der Waals surface area contributed by atoms with Crippen molar-refractivity contribution in [3.8, 4) is 0 Å². The van der Waals surface area contributed by atoms with Gasteiger partial charge in [0.15, 0.2) is 5.78 Å². The van der Waals surface area contributed by atoms with E-state index in [1.807, 2.05) is 0 Å². The third kappa shape index (κ3) is 3.51. The van der Waals surface area contributed by atoms with Crippen molar-refractivity contribution in [2.24, 2.45) is 16.8 Å². The third-order valence-electron chi connectivity index (χ3n) is 3.79. The van der Waals surface area contributed by atoms with Crippen LogP contribution in [0.3, 0.4) is 0 Å². The van der Waals surface area contributed by atoms with E-state index >= 15 is 0 Å². The summed E-state index contributed by atoms with van der Waals surface area (Å²) in [5.74, 6) is -4.70. The van der Waals surface area contributed by atoms with Crippen LogP contribution in [-0.4, -0.2) is 45.2 Å². The second-order valence-electron chi connectivity index (χ2n) is 5.87. The van der Waals surface area contributed by atoms with Crippen molar-refractivity contribution in [1.82, 2.24) is 4.90 Å². The number of hydrogen-bond acceptors (Lipinski definition) is 6. The molecule has 0 saturated heterocycles. The summed E-state index contributed by atoms with van der Waals surface area (Å²) in [6.45, 7) is 2.48. The molecule has 0 aromatic carbocycles. The molecule has 0 spiro atoms. The molecule has 0 fully saturated rings. The molecule has 1 heterocycles. The van der Waals surface area contributed by atoms with Crippen molar-refractivity contribution in [1.29, 1.82) is 0 Å². The number of nitrogens with zero attached hydrogens (tertiary/aromatic N) is 3. The Morgan fingerprint density at radius 2 is 2.08 bits per heavy atom. The smallest absolute Gasteiger partial charge is 0.433 e. The highest BCUT2D eigenvalue weighted by molar-refractivity contribution is 6.11. The number of ketones is 1. The zero-order chi connectivity index (χ0) is 19.8. The number of halogens is 3. The van der Waals surface area contributed by atoms with Crippen LogP contribution in [0, 0.1) is 22.0 Å². The molecule has 2 aliphatic rings. The van der Waals surface area contributed by atoms with E-state index in [0.717, 1.165) is 11.1 Å². The first-order chi connectivity index (χ1) is 11.9. The Morgan fingerprint density at radius 3 is 2.46 bits per heavy atom. The highest BCUT2D eigenvalue weighted by Crippen LogP contribution is 2.35. The summed E-state index contributed by atoms with van der Waals surface area (Å²) in [5.41, 5.74) is -2.19. The maximum atomic E-state index is 12.7. The van der Waals surface area contributed by atoms with Gasteiger partial charge in [0.2, 0.25) is 0 Å². The van der Waals surface area contributed by atoms with Crippen LogP contribution in [0.25, 0.3) is 0 Å². The van der Waals surface area contributed by atoms with Crippen LogP contribution < -0.4 is 0 Å². The molecule has 0 saturated carbocycles. The van der Waals surface area contributed by atoms with E-state index in [1.165, 1.54) is 13.8 Å². The lowest BCUT2D eigenvalue weighted by Gasteiger charge is -2.30. The maximum absolute atomic E-state index is 12.7. The van der Waals surface area contributed by atoms with Gasteiger partial charge in [-0.05, 0) is 12.0 Å². The number of aliphatic carboxylic acids is 1. The molecule has 0 bridgehead atoms. The number of Topliss-reactive ketones (excluding diaryl/α,β-unsaturated/α-hetero) is 1. The van der Waals surface area contributed by atoms with Crippen LogP contribution in [0.4, 0.5) is 13.2 Å². The maximum Gasteiger partial charge on any atom is 0.433 e. The first kappa shape index (κ1) is 19.3. The van der Waals surface area contributed by atoms with Gasteiger partial charge in [0.25, 0.3) is 5.70 Å². The van der Waals surface area contributed by atoms with Crippen LogP contribution in [0.15, 0.2) is 40.3 Å². The van der Waals surface area contributed by atoms with E-state index in [9.17, 15) is 32.9 Å². The zero-order valence-electron chi connectivity index (χ0n) is 13.6. The van der Waals surface area contributed by atoms with Crippen molar-refractivity contribution < 1.29 is 32.8 Å². The molecule has 0 aromatic heterocycles. The number of nitro groups is 1. The minimum absolute atomic E-state index is 0.137. The quantitative estimate of drug-likeness (QED) is 0.459. The Kier molecular flexibility index (Phi) is 5.01. The lowest BCUT2D eigenvalue weighted by molar-refractivity contribution is -0.423. The fraction of sp³-hybridized carbons (Fsp3) is 0.400. The molecule has 1 aliphatic carbocycles. The molecule has 1 atom stereocenters. The van der Waals surface area contributed by atoms with Gasteiger partial charge in [-0.2, -0.15) is 13.2 Å². The van der Waals surface area contributed by atoms with Gasteiger partial charge in [-0.15, -0.1) is 0 Å². The second kappa shape index (κ2) is 6.73. The van der Waals surface area contributed by atoms with Crippen LogP contribution in [0.2, 0.25) is 0 Å². The fourth-order valence-corrected chi connectivity index (χ4v) is 2.67. The number of carbonyl (C=O) groups is 2. The Hall–Kier alpha value is -2.98. The first-order valence-electron chi connectivity index (χ1n) is 7.39. The van der Waals surface area contributed by atoms with Gasteiger partial charge in [-0.1, -0.05) is 13.8 Å². The SMILES string of the molecule is CC(C)C1=C(N2C=CC(C(F)(F)F)=NC2)C([N+](=O)[O-])=CC(C(=O)O)C1=O. The summed E-state index contributed by atoms with van der Waals surface area (Å²) in [7, 11) is 0. The van der Waals surface area contributed by atoms with Gasteiger partial charge in [0, 0.05) is 17.8 Å². The molecular weight excluding hydrogens is 359 g/mol. The van der Waals surface area contributed by atoms with Gasteiger partial charge >= 0.3 is 12.1 Å². The molecule has 2 rings (SSSR count). The molecule has 0 aromatic rings. The second-order valence-corrected chi connectivity index (χ2v) is 5.87. The van der Waals surface area contributed by atoms with Gasteiger partial charge < -0.3 is 10.0 Å². The van der Waals surface area contributed by atoms with Crippen LogP contribution in [0.5, 0.6) is 0 Å². The number of aliphatic imine (C=N–C) groups is 1. The molecule has 1 aliphatic heterocycles. The number of carbonyl (C=O) groups excluding carboxylic acids is 1. The van der Waals surface area contributed by atoms with Crippen LogP contribution in [0.1, 0.15) is 13.8 Å². The van der Waals surface area contributed by atoms with E-state index in [0.29, 0.717) is 12.2 Å². The van der Waals surface area contributed by atoms with Gasteiger partial charge in [0.1, 0.15) is 24.0 Å². The molecule has 140 valence electrons. The standard InChI is InChI=1S/C15H14F3N3O5/c1-7(2)11-12(20-4-3-10(19-6-20)15(16,17)18)9(21(25)26)5-8(13(11)22)14(23)24/h3-5,7-8H,6H2,1-2H3,(H,23,24). The van der Waals surface area contributed by atoms with Crippen molar-refractivity contribution in [2.45, 2.75) is 20.0 Å². The molecule has 1 N–H and O–H groups in total. The zero-order valence-corrected chi connectivity index (χ0v) is 13.6. The van der Waals surface area contributed by atoms with Gasteiger partial charge in [-0.25, -0.2) is 0 Å². The molecule has 8 nitrogen and oxygen atoms in total. The summed E-state index contributed by atoms with van der Waals surface area (Å²) < 4.78 is 38.0. The van der Waals surface area contributed by atoms with Crippen molar-refractivity contribution >= 4 is 17.5 Å². The highest BCUT2D eigenvalue weighted by Gasteiger charge is 2.43. The van der Waals surface area contributed by atoms with Gasteiger partial charge in [0.05, 0.1) is 4.92 Å². The minimum Gasteiger partial charge on any atom is -0.480 e. The monoisotopic (exact) mass is 373 g/mol. The van der Waals surface area contributed by atoms with Crippen LogP contribution >= 0.6 is 0 Å². The summed E-state index contributed by atoms with van der Waals surface area (Å²) in [4.78, 5) is 38.7. The number of hydrogen-bond donors (Lipinski definition) is 1. The predicted molar refractivity (Wildman–Crippen MR) is 82.4 cm³/mol. The highest BCUT2D eigenvalue weighted by atomic mass is 19.4. The number of rotatable bonds is 4. The van der Waals surface area contributed by atoms with Crippen molar-refractivity contribution in [3.63, 3.8) is 0 Å². The average Bonchev–Trinajstić information content (AvgIpc) is 2.52. The van der Waals surface area contributed by atoms with E-state index in [4.69, 9.17) is 5.11 Å². The first-order valence-corrected chi connectivity index (χ1v) is 7.39. The summed E-state index contributed by atoms with van der Waals surface area (Å²) in [6.07, 6.45) is -2.39. The molecule has 26 heavy (non-hydrogen) atoms. The third-order valence-corrected chi connectivity index (χ3v) is 3.79. The number of carboxylic acids is 1. The van der Waals surface area contributed by atoms with Gasteiger partial charge in [-0.3, -0.25) is 24.7 Å². The van der Waals surface area contributed by atoms with Crippen LogP contribution in [-0.2, 0) is 9.59 Å². The summed E-state index contributed by atoms with van der Waals surface area (Å²) in [5, 5.41) is 20.5. The van der Waals surface area contributed by atoms with Crippen molar-refractivity contribution in [2.75, 3.05) is 6.67 Å². The van der Waals surface area contributed by atoms with Crippen molar-refractivity contribution in [3.05, 3.63) is 45.4 Å². The topological polar surface area (TPSA) is 113 Å². The predicted octanol–water partition coefficient (Wildman–Crippen LogP) is 2.13. The minimum atomic E-state index is -4.67. The Morgan fingerprint density at radius 1 is 1.46 bits per heavy atom. The normalized spacial score (nSPS) is 21.1. The Bertz CT molecular complexity index is 793. The molecule has 1 unspecified atom stereocenters. The average molecular weight is 373 g/mol. The summed E-state index contributed by atoms with van der Waals surface area (Å²) >= 11 is 0. The number of alkyl halides is 3. The number of carboxylic acid groups (broad SMARTS) is 1. The Labute approximate surface area is 145 Å². The van der Waals surface area contributed by atoms with E-state index in [1.54, 1.807) is 0 Å². The van der Waals surface area contributed by atoms with E-state index in [-0.39, 0.29) is 11.3 Å². The van der Waals surface area contributed by atoms with E-state index < -0.39 is 52.8 Å².